The van der Waals surface area contributed by atoms with Crippen LogP contribution in [0, 0.1) is 6.92 Å². The van der Waals surface area contributed by atoms with Crippen LogP contribution < -0.4 is 5.32 Å². The summed E-state index contributed by atoms with van der Waals surface area (Å²) in [6.45, 7) is 2.47. The average Bonchev–Trinajstić information content (AvgIpc) is 2.83. The zero-order chi connectivity index (χ0) is 13.8. The molecule has 19 heavy (non-hydrogen) atoms. The van der Waals surface area contributed by atoms with Crippen LogP contribution in [0.15, 0.2) is 23.7 Å². The molecular weight excluding hydrogens is 260 g/mol. The molecule has 6 heteroatoms. The van der Waals surface area contributed by atoms with Gasteiger partial charge in [0.1, 0.15) is 5.82 Å². The first-order chi connectivity index (χ1) is 9.10. The number of carbonyl (C=O) groups is 1. The molecule has 0 spiro atoms. The molecule has 0 radical (unpaired) electrons. The predicted molar refractivity (Wildman–Crippen MR) is 76.4 cm³/mol. The molecule has 100 valence electrons. The minimum absolute atomic E-state index is 0.0375. The Morgan fingerprint density at radius 3 is 2.95 bits per heavy atom. The molecule has 2 aromatic heterocycles. The normalized spacial score (nSPS) is 10.3. The van der Waals surface area contributed by atoms with Crippen molar-refractivity contribution in [1.29, 1.82) is 0 Å². The third kappa shape index (κ3) is 3.29. The van der Waals surface area contributed by atoms with Crippen LogP contribution in [-0.4, -0.2) is 34.9 Å². The monoisotopic (exact) mass is 276 g/mol. The van der Waals surface area contributed by atoms with Crippen LogP contribution in [0.25, 0.3) is 0 Å². The summed E-state index contributed by atoms with van der Waals surface area (Å²) in [7, 11) is 3.55. The second-order valence-electron chi connectivity index (χ2n) is 4.20. The minimum Gasteiger partial charge on any atom is -0.373 e. The first kappa shape index (κ1) is 13.5. The number of hydrogen-bond donors (Lipinski definition) is 1. The molecule has 0 aromatic carbocycles. The van der Waals surface area contributed by atoms with Crippen molar-refractivity contribution < 1.29 is 4.79 Å². The molecule has 0 unspecified atom stereocenters. The van der Waals surface area contributed by atoms with Gasteiger partial charge in [0.15, 0.2) is 0 Å². The van der Waals surface area contributed by atoms with Gasteiger partial charge in [0.25, 0.3) is 5.91 Å². The van der Waals surface area contributed by atoms with Crippen LogP contribution in [-0.2, 0) is 6.54 Å². The average molecular weight is 276 g/mol. The Morgan fingerprint density at radius 2 is 2.32 bits per heavy atom. The Kier molecular flexibility index (Phi) is 4.11. The largest absolute Gasteiger partial charge is 0.373 e. The van der Waals surface area contributed by atoms with E-state index in [1.165, 1.54) is 0 Å². The summed E-state index contributed by atoms with van der Waals surface area (Å²) in [5, 5.41) is 5.91. The number of aryl methyl sites for hydroxylation is 1. The van der Waals surface area contributed by atoms with Gasteiger partial charge in [-0.3, -0.25) is 4.79 Å². The number of carbonyl (C=O) groups excluding carboxylic acids is 1. The Morgan fingerprint density at radius 1 is 1.53 bits per heavy atom. The Bertz CT molecular complexity index is 582. The van der Waals surface area contributed by atoms with Crippen molar-refractivity contribution in [3.63, 3.8) is 0 Å². The second kappa shape index (κ2) is 5.79. The molecule has 5 nitrogen and oxygen atoms in total. The highest BCUT2D eigenvalue weighted by molar-refractivity contribution is 7.09. The van der Waals surface area contributed by atoms with E-state index in [1.807, 2.05) is 12.3 Å². The highest BCUT2D eigenvalue weighted by atomic mass is 32.1. The lowest BCUT2D eigenvalue weighted by molar-refractivity contribution is 0.0783. The SMILES string of the molecule is CNc1cc(C(=O)N(C)Cc2csc(C)n2)ccn1. The van der Waals surface area contributed by atoms with Crippen molar-refractivity contribution in [1.82, 2.24) is 14.9 Å². The Hall–Kier alpha value is -1.95. The summed E-state index contributed by atoms with van der Waals surface area (Å²) >= 11 is 1.59. The molecule has 2 aromatic rings. The van der Waals surface area contributed by atoms with Crippen molar-refractivity contribution in [3.8, 4) is 0 Å². The molecule has 0 fully saturated rings. The van der Waals surface area contributed by atoms with Crippen molar-refractivity contribution in [3.05, 3.63) is 40.0 Å². The maximum atomic E-state index is 12.3. The van der Waals surface area contributed by atoms with Gasteiger partial charge in [0.05, 0.1) is 17.2 Å². The van der Waals surface area contributed by atoms with E-state index in [0.29, 0.717) is 17.9 Å². The smallest absolute Gasteiger partial charge is 0.254 e. The molecule has 0 aliphatic carbocycles. The summed E-state index contributed by atoms with van der Waals surface area (Å²) in [5.74, 6) is 0.647. The van der Waals surface area contributed by atoms with Gasteiger partial charge in [-0.2, -0.15) is 0 Å². The number of amides is 1. The fourth-order valence-corrected chi connectivity index (χ4v) is 2.32. The van der Waals surface area contributed by atoms with Crippen molar-refractivity contribution in [2.45, 2.75) is 13.5 Å². The number of thiazole rings is 1. The van der Waals surface area contributed by atoms with Gasteiger partial charge in [-0.1, -0.05) is 0 Å². The van der Waals surface area contributed by atoms with E-state index in [0.717, 1.165) is 10.7 Å². The standard InChI is InChI=1S/C13H16N4OS/c1-9-16-11(8-19-9)7-17(3)13(18)10-4-5-15-12(6-10)14-2/h4-6,8H,7H2,1-3H3,(H,14,15). The number of hydrogen-bond acceptors (Lipinski definition) is 5. The number of nitrogens with one attached hydrogen (secondary N) is 1. The van der Waals surface area contributed by atoms with Gasteiger partial charge in [0.2, 0.25) is 0 Å². The van der Waals surface area contributed by atoms with E-state index < -0.39 is 0 Å². The van der Waals surface area contributed by atoms with Crippen LogP contribution in [0.1, 0.15) is 21.1 Å². The Labute approximate surface area is 116 Å². The third-order valence-electron chi connectivity index (χ3n) is 2.68. The van der Waals surface area contributed by atoms with Crippen LogP contribution in [0.4, 0.5) is 5.82 Å². The van der Waals surface area contributed by atoms with E-state index >= 15 is 0 Å². The van der Waals surface area contributed by atoms with Crippen LogP contribution in [0.2, 0.25) is 0 Å². The molecule has 1 amide bonds. The van der Waals surface area contributed by atoms with E-state index in [2.05, 4.69) is 15.3 Å². The maximum Gasteiger partial charge on any atom is 0.254 e. The Balaban J connectivity index is 2.09. The van der Waals surface area contributed by atoms with Gasteiger partial charge >= 0.3 is 0 Å². The maximum absolute atomic E-state index is 12.3. The molecule has 2 heterocycles. The van der Waals surface area contributed by atoms with E-state index in [4.69, 9.17) is 0 Å². The van der Waals surface area contributed by atoms with E-state index in [9.17, 15) is 4.79 Å². The third-order valence-corrected chi connectivity index (χ3v) is 3.50. The number of pyridine rings is 1. The van der Waals surface area contributed by atoms with Crippen LogP contribution in [0.3, 0.4) is 0 Å². The highest BCUT2D eigenvalue weighted by Gasteiger charge is 2.13. The molecule has 0 aliphatic heterocycles. The topological polar surface area (TPSA) is 58.1 Å². The lowest BCUT2D eigenvalue weighted by Crippen LogP contribution is -2.26. The second-order valence-corrected chi connectivity index (χ2v) is 5.26. The van der Waals surface area contributed by atoms with Crippen molar-refractivity contribution in [2.75, 3.05) is 19.4 Å². The molecule has 0 saturated heterocycles. The summed E-state index contributed by atoms with van der Waals surface area (Å²) < 4.78 is 0. The summed E-state index contributed by atoms with van der Waals surface area (Å²) in [4.78, 5) is 22.4. The van der Waals surface area contributed by atoms with Crippen molar-refractivity contribution in [2.24, 2.45) is 0 Å². The zero-order valence-corrected chi connectivity index (χ0v) is 12.0. The summed E-state index contributed by atoms with van der Waals surface area (Å²) in [5.41, 5.74) is 1.54. The van der Waals surface area contributed by atoms with Gasteiger partial charge in [0, 0.05) is 31.2 Å². The van der Waals surface area contributed by atoms with E-state index in [1.54, 1.807) is 48.7 Å². The molecule has 0 atom stereocenters. The lowest BCUT2D eigenvalue weighted by atomic mass is 10.2. The number of nitrogens with zero attached hydrogens (tertiary/aromatic N) is 3. The first-order valence-electron chi connectivity index (χ1n) is 5.90. The number of anilines is 1. The summed E-state index contributed by atoms with van der Waals surface area (Å²) in [6, 6.07) is 3.46. The molecule has 1 N–H and O–H groups in total. The quantitative estimate of drug-likeness (QED) is 0.929. The number of aromatic nitrogens is 2. The number of rotatable bonds is 4. The minimum atomic E-state index is -0.0375. The van der Waals surface area contributed by atoms with Gasteiger partial charge in [-0.05, 0) is 19.1 Å². The van der Waals surface area contributed by atoms with Gasteiger partial charge in [-0.15, -0.1) is 11.3 Å². The van der Waals surface area contributed by atoms with E-state index in [-0.39, 0.29) is 5.91 Å². The van der Waals surface area contributed by atoms with Crippen LogP contribution >= 0.6 is 11.3 Å². The highest BCUT2D eigenvalue weighted by Crippen LogP contribution is 2.13. The predicted octanol–water partition coefficient (Wildman–Crippen LogP) is 2.16. The summed E-state index contributed by atoms with van der Waals surface area (Å²) in [6.07, 6.45) is 1.62. The molecule has 2 rings (SSSR count). The fraction of sp³-hybridized carbons (Fsp3) is 0.308. The molecule has 0 bridgehead atoms. The molecule has 0 saturated carbocycles. The fourth-order valence-electron chi connectivity index (χ4n) is 1.72. The lowest BCUT2D eigenvalue weighted by Gasteiger charge is -2.16. The van der Waals surface area contributed by atoms with Gasteiger partial charge < -0.3 is 10.2 Å². The van der Waals surface area contributed by atoms with Crippen molar-refractivity contribution >= 4 is 23.1 Å². The van der Waals surface area contributed by atoms with Crippen LogP contribution in [0.5, 0.6) is 0 Å². The van der Waals surface area contributed by atoms with Gasteiger partial charge in [-0.25, -0.2) is 9.97 Å². The zero-order valence-electron chi connectivity index (χ0n) is 11.2. The first-order valence-corrected chi connectivity index (χ1v) is 6.78. The molecule has 0 aliphatic rings. The molecular formula is C13H16N4OS.